The van der Waals surface area contributed by atoms with Crippen molar-refractivity contribution in [1.29, 1.82) is 0 Å². The van der Waals surface area contributed by atoms with Crippen LogP contribution >= 0.6 is 23.2 Å². The number of nitrogens with one attached hydrogen (secondary N) is 2. The maximum atomic E-state index is 13.1. The molecular formula is C22H18Cl2N4O2S. The van der Waals surface area contributed by atoms with Crippen molar-refractivity contribution in [1.82, 2.24) is 9.97 Å². The Kier molecular flexibility index (Phi) is 6.00. The molecule has 0 saturated carbocycles. The number of sulfonamides is 1. The number of rotatable bonds is 6. The molecule has 0 aliphatic carbocycles. The quantitative estimate of drug-likeness (QED) is 0.364. The maximum Gasteiger partial charge on any atom is 0.264 e. The second-order valence-electron chi connectivity index (χ2n) is 6.87. The fourth-order valence-corrected chi connectivity index (χ4v) is 4.84. The summed E-state index contributed by atoms with van der Waals surface area (Å²) in [5, 5.41) is 3.57. The molecule has 3 aromatic carbocycles. The first kappa shape index (κ1) is 21.4. The van der Waals surface area contributed by atoms with Crippen molar-refractivity contribution >= 4 is 55.9 Å². The van der Waals surface area contributed by atoms with E-state index in [0.29, 0.717) is 16.9 Å². The second kappa shape index (κ2) is 8.70. The van der Waals surface area contributed by atoms with Gasteiger partial charge in [0.25, 0.3) is 10.0 Å². The van der Waals surface area contributed by atoms with Crippen LogP contribution in [0.5, 0.6) is 0 Å². The lowest BCUT2D eigenvalue weighted by Crippen LogP contribution is -2.18. The average molecular weight is 473 g/mol. The third-order valence-electron chi connectivity index (χ3n) is 4.64. The van der Waals surface area contributed by atoms with Crippen molar-refractivity contribution in [3.05, 3.63) is 88.4 Å². The lowest BCUT2D eigenvalue weighted by molar-refractivity contribution is 0.601. The molecule has 0 fully saturated rings. The van der Waals surface area contributed by atoms with E-state index in [-0.39, 0.29) is 26.8 Å². The van der Waals surface area contributed by atoms with Crippen LogP contribution < -0.4 is 10.0 Å². The Morgan fingerprint density at radius 1 is 0.839 bits per heavy atom. The number of para-hydroxylation sites is 2. The van der Waals surface area contributed by atoms with Gasteiger partial charge in [-0.05, 0) is 42.8 Å². The van der Waals surface area contributed by atoms with Gasteiger partial charge in [-0.25, -0.2) is 18.4 Å². The van der Waals surface area contributed by atoms with E-state index >= 15 is 0 Å². The summed E-state index contributed by atoms with van der Waals surface area (Å²) in [5.41, 5.74) is 2.20. The van der Waals surface area contributed by atoms with Gasteiger partial charge in [0, 0.05) is 5.02 Å². The van der Waals surface area contributed by atoms with E-state index < -0.39 is 10.0 Å². The minimum atomic E-state index is -4.07. The molecule has 2 N–H and O–H groups in total. The molecule has 9 heteroatoms. The Morgan fingerprint density at radius 3 is 2.13 bits per heavy atom. The highest BCUT2D eigenvalue weighted by Gasteiger charge is 2.22. The summed E-state index contributed by atoms with van der Waals surface area (Å²) in [6.07, 6.45) is 0. The van der Waals surface area contributed by atoms with E-state index in [1.807, 2.05) is 55.5 Å². The van der Waals surface area contributed by atoms with Gasteiger partial charge in [-0.15, -0.1) is 0 Å². The number of aromatic nitrogens is 2. The minimum absolute atomic E-state index is 0.0535. The van der Waals surface area contributed by atoms with Crippen LogP contribution in [0.1, 0.15) is 18.5 Å². The lowest BCUT2D eigenvalue weighted by Gasteiger charge is -2.18. The van der Waals surface area contributed by atoms with Gasteiger partial charge < -0.3 is 5.32 Å². The monoisotopic (exact) mass is 472 g/mol. The van der Waals surface area contributed by atoms with Crippen LogP contribution in [0.25, 0.3) is 11.0 Å². The zero-order valence-electron chi connectivity index (χ0n) is 16.4. The maximum absolute atomic E-state index is 13.1. The molecule has 0 amide bonds. The molecule has 0 spiro atoms. The molecule has 0 bridgehead atoms. The molecule has 6 nitrogen and oxygen atoms in total. The Morgan fingerprint density at radius 2 is 1.45 bits per heavy atom. The third kappa shape index (κ3) is 4.74. The number of hydrogen-bond acceptors (Lipinski definition) is 5. The minimum Gasteiger partial charge on any atom is -0.360 e. The van der Waals surface area contributed by atoms with Crippen molar-refractivity contribution in [2.24, 2.45) is 0 Å². The summed E-state index contributed by atoms with van der Waals surface area (Å²) in [6.45, 7) is 1.96. The average Bonchev–Trinajstić information content (AvgIpc) is 2.76. The van der Waals surface area contributed by atoms with Gasteiger partial charge in [0.15, 0.2) is 11.6 Å². The topological polar surface area (TPSA) is 84.0 Å². The van der Waals surface area contributed by atoms with Gasteiger partial charge in [0.1, 0.15) is 4.90 Å². The number of nitrogens with zero attached hydrogens (tertiary/aromatic N) is 2. The number of benzene rings is 3. The third-order valence-corrected chi connectivity index (χ3v) is 6.69. The van der Waals surface area contributed by atoms with E-state index in [9.17, 15) is 8.42 Å². The van der Waals surface area contributed by atoms with Crippen LogP contribution in [-0.4, -0.2) is 18.4 Å². The highest BCUT2D eigenvalue weighted by atomic mass is 35.5. The number of hydrogen-bond donors (Lipinski definition) is 2. The van der Waals surface area contributed by atoms with Crippen LogP contribution in [0.15, 0.2) is 77.7 Å². The summed E-state index contributed by atoms with van der Waals surface area (Å²) in [7, 11) is -4.07. The molecule has 0 radical (unpaired) electrons. The standard InChI is InChI=1S/C22H18Cl2N4O2S/c1-14(15-7-3-2-4-8-15)25-21-22(27-19-10-6-5-9-18(19)26-21)28-31(29,30)20-13-16(23)11-12-17(20)24/h2-14H,1H3,(H,25,26)(H,27,28)/t14-/m0/s1. The Hall–Kier alpha value is -2.87. The molecule has 1 heterocycles. The second-order valence-corrected chi connectivity index (χ2v) is 9.36. The SMILES string of the molecule is C[C@H](Nc1nc2ccccc2nc1NS(=O)(=O)c1cc(Cl)ccc1Cl)c1ccccc1. The smallest absolute Gasteiger partial charge is 0.264 e. The molecule has 0 unspecified atom stereocenters. The van der Waals surface area contributed by atoms with E-state index in [1.54, 1.807) is 6.07 Å². The van der Waals surface area contributed by atoms with Crippen molar-refractivity contribution in [2.45, 2.75) is 17.9 Å². The fraction of sp³-hybridized carbons (Fsp3) is 0.0909. The molecule has 31 heavy (non-hydrogen) atoms. The van der Waals surface area contributed by atoms with Crippen molar-refractivity contribution < 1.29 is 8.42 Å². The zero-order chi connectivity index (χ0) is 22.0. The largest absolute Gasteiger partial charge is 0.360 e. The predicted octanol–water partition coefficient (Wildman–Crippen LogP) is 5.91. The Balaban J connectivity index is 1.77. The summed E-state index contributed by atoms with van der Waals surface area (Å²) in [4.78, 5) is 8.95. The van der Waals surface area contributed by atoms with Crippen LogP contribution in [0.4, 0.5) is 11.6 Å². The summed E-state index contributed by atoms with van der Waals surface area (Å²) in [6, 6.07) is 21.1. The van der Waals surface area contributed by atoms with Crippen LogP contribution in [0, 0.1) is 0 Å². The lowest BCUT2D eigenvalue weighted by atomic mass is 10.1. The van der Waals surface area contributed by atoms with Crippen LogP contribution in [-0.2, 0) is 10.0 Å². The first-order chi connectivity index (χ1) is 14.8. The van der Waals surface area contributed by atoms with Gasteiger partial charge in [-0.2, -0.15) is 0 Å². The molecular weight excluding hydrogens is 455 g/mol. The van der Waals surface area contributed by atoms with Gasteiger partial charge in [0.2, 0.25) is 0 Å². The molecule has 4 aromatic rings. The van der Waals surface area contributed by atoms with Crippen LogP contribution in [0.2, 0.25) is 10.0 Å². The highest BCUT2D eigenvalue weighted by molar-refractivity contribution is 7.92. The number of fused-ring (bicyclic) bond motifs is 1. The Bertz CT molecular complexity index is 1350. The van der Waals surface area contributed by atoms with E-state index in [4.69, 9.17) is 23.2 Å². The fourth-order valence-electron chi connectivity index (χ4n) is 3.07. The molecule has 0 aliphatic heterocycles. The number of halogens is 2. The van der Waals surface area contributed by atoms with Crippen molar-refractivity contribution in [3.63, 3.8) is 0 Å². The van der Waals surface area contributed by atoms with Crippen molar-refractivity contribution in [3.8, 4) is 0 Å². The van der Waals surface area contributed by atoms with E-state index in [1.165, 1.54) is 18.2 Å². The zero-order valence-corrected chi connectivity index (χ0v) is 18.7. The van der Waals surface area contributed by atoms with Gasteiger partial charge in [-0.3, -0.25) is 4.72 Å². The molecule has 1 aromatic heterocycles. The van der Waals surface area contributed by atoms with E-state index in [2.05, 4.69) is 20.0 Å². The first-order valence-electron chi connectivity index (χ1n) is 9.39. The molecule has 4 rings (SSSR count). The number of anilines is 2. The van der Waals surface area contributed by atoms with Gasteiger partial charge in [0.05, 0.1) is 22.1 Å². The first-order valence-corrected chi connectivity index (χ1v) is 11.6. The van der Waals surface area contributed by atoms with E-state index in [0.717, 1.165) is 5.56 Å². The molecule has 1 atom stereocenters. The molecule has 0 saturated heterocycles. The van der Waals surface area contributed by atoms with Gasteiger partial charge >= 0.3 is 0 Å². The highest BCUT2D eigenvalue weighted by Crippen LogP contribution is 2.30. The summed E-state index contributed by atoms with van der Waals surface area (Å²) in [5.74, 6) is 0.370. The molecule has 0 aliphatic rings. The normalized spacial score (nSPS) is 12.5. The van der Waals surface area contributed by atoms with Crippen molar-refractivity contribution in [2.75, 3.05) is 10.0 Å². The van der Waals surface area contributed by atoms with Crippen LogP contribution in [0.3, 0.4) is 0 Å². The Labute approximate surface area is 190 Å². The summed E-state index contributed by atoms with van der Waals surface area (Å²) < 4.78 is 28.7. The predicted molar refractivity (Wildman–Crippen MR) is 125 cm³/mol. The summed E-state index contributed by atoms with van der Waals surface area (Å²) >= 11 is 12.1. The van der Waals surface area contributed by atoms with Gasteiger partial charge in [-0.1, -0.05) is 65.7 Å². The molecule has 158 valence electrons.